The van der Waals surface area contributed by atoms with Crippen LogP contribution in [0.25, 0.3) is 26.0 Å². The highest BCUT2D eigenvalue weighted by Crippen LogP contribution is 2.40. The first-order valence-electron chi connectivity index (χ1n) is 13.7. The Kier molecular flexibility index (Phi) is 7.03. The van der Waals surface area contributed by atoms with Gasteiger partial charge in [-0.1, -0.05) is 30.3 Å². The van der Waals surface area contributed by atoms with Gasteiger partial charge in [0.05, 0.1) is 44.1 Å². The molecule has 212 valence electrons. The van der Waals surface area contributed by atoms with Crippen LogP contribution >= 0.6 is 22.7 Å². The minimum absolute atomic E-state index is 0.286. The quantitative estimate of drug-likeness (QED) is 0.212. The van der Waals surface area contributed by atoms with Gasteiger partial charge in [-0.05, 0) is 74.0 Å². The van der Waals surface area contributed by atoms with Crippen molar-refractivity contribution in [3.63, 3.8) is 0 Å². The molecule has 2 aliphatic heterocycles. The molecule has 2 aromatic heterocycles. The second kappa shape index (κ2) is 10.9. The number of ether oxygens (including phenoxy) is 1. The lowest BCUT2D eigenvalue weighted by Gasteiger charge is -2.31. The summed E-state index contributed by atoms with van der Waals surface area (Å²) in [6.45, 7) is 5.65. The molecule has 0 N–H and O–H groups in total. The van der Waals surface area contributed by atoms with E-state index in [1.54, 1.807) is 34.8 Å². The number of fused-ring (bicyclic) bond motifs is 2. The number of thiazole rings is 2. The molecule has 42 heavy (non-hydrogen) atoms. The number of morpholine rings is 1. The molecule has 1 fully saturated rings. The molecular formula is C32H28N4O3S3. The van der Waals surface area contributed by atoms with Gasteiger partial charge in [-0.3, -0.25) is 0 Å². The second-order valence-electron chi connectivity index (χ2n) is 10.2. The third-order valence-corrected chi connectivity index (χ3v) is 11.4. The Balaban J connectivity index is 1.33. The number of hydrogen-bond donors (Lipinski definition) is 0. The van der Waals surface area contributed by atoms with Gasteiger partial charge in [0.1, 0.15) is 10.0 Å². The number of allylic oxidation sites excluding steroid dienone is 5. The van der Waals surface area contributed by atoms with Gasteiger partial charge >= 0.3 is 0 Å². The van der Waals surface area contributed by atoms with Crippen LogP contribution in [0.4, 0.5) is 5.69 Å². The van der Waals surface area contributed by atoms with Crippen molar-refractivity contribution in [1.29, 1.82) is 0 Å². The van der Waals surface area contributed by atoms with Gasteiger partial charge < -0.3 is 9.64 Å². The third-order valence-electron chi connectivity index (χ3n) is 7.42. The molecule has 5 aromatic rings. The standard InChI is InChI=1S/C32H28N4O3S3/c1-21-18-23(19-22(2)36(21)24-8-7-9-25(20-24)42(37,38)35-14-16-39-17-15-35)30(31-33-26-10-3-5-12-28(26)40-31)32-34-27-11-4-6-13-29(27)41-32/h3-13,18-20H,14-17H2,1-2H3. The molecule has 4 heterocycles. The van der Waals surface area contributed by atoms with Gasteiger partial charge in [0.25, 0.3) is 0 Å². The Bertz CT molecular complexity index is 1870. The molecule has 0 bridgehead atoms. The zero-order chi connectivity index (χ0) is 28.8. The zero-order valence-electron chi connectivity index (χ0n) is 23.1. The van der Waals surface area contributed by atoms with Crippen LogP contribution in [0, 0.1) is 0 Å². The van der Waals surface area contributed by atoms with Crippen molar-refractivity contribution in [3.05, 3.63) is 112 Å². The van der Waals surface area contributed by atoms with Gasteiger partial charge in [0.15, 0.2) is 0 Å². The maximum Gasteiger partial charge on any atom is 0.243 e. The van der Waals surface area contributed by atoms with E-state index in [1.807, 2.05) is 62.4 Å². The molecule has 0 saturated carbocycles. The number of anilines is 1. The molecule has 10 heteroatoms. The molecular weight excluding hydrogens is 585 g/mol. The van der Waals surface area contributed by atoms with E-state index < -0.39 is 10.0 Å². The summed E-state index contributed by atoms with van der Waals surface area (Å²) < 4.78 is 35.9. The van der Waals surface area contributed by atoms with E-state index in [4.69, 9.17) is 14.7 Å². The third kappa shape index (κ3) is 4.89. The summed E-state index contributed by atoms with van der Waals surface area (Å²) in [5.41, 5.74) is 6.71. The first kappa shape index (κ1) is 27.2. The number of aromatic nitrogens is 2. The van der Waals surface area contributed by atoms with Gasteiger partial charge in [0, 0.05) is 30.2 Å². The van der Waals surface area contributed by atoms with Gasteiger partial charge in [-0.2, -0.15) is 4.31 Å². The Morgan fingerprint density at radius 2 is 1.36 bits per heavy atom. The molecule has 0 radical (unpaired) electrons. The zero-order valence-corrected chi connectivity index (χ0v) is 25.6. The summed E-state index contributed by atoms with van der Waals surface area (Å²) in [6, 6.07) is 23.6. The Hall–Kier alpha value is -3.67. The lowest BCUT2D eigenvalue weighted by Crippen LogP contribution is -2.40. The second-order valence-corrected chi connectivity index (χ2v) is 14.2. The Labute approximate surface area is 252 Å². The van der Waals surface area contributed by atoms with Crippen LogP contribution in [0.1, 0.15) is 23.9 Å². The first-order valence-corrected chi connectivity index (χ1v) is 16.8. The van der Waals surface area contributed by atoms with Crippen molar-refractivity contribution in [3.8, 4) is 0 Å². The molecule has 2 aliphatic rings. The van der Waals surface area contributed by atoms with E-state index in [2.05, 4.69) is 29.2 Å². The molecule has 0 amide bonds. The highest BCUT2D eigenvalue weighted by Gasteiger charge is 2.28. The SMILES string of the molecule is CC1=CC(=C(c2nc3ccccc3s2)c2nc3ccccc3s2)C=C(C)N1c1cccc(S(=O)(=O)N2CCOCC2)c1. The largest absolute Gasteiger partial charge is 0.379 e. The lowest BCUT2D eigenvalue weighted by molar-refractivity contribution is 0.0730. The van der Waals surface area contributed by atoms with Crippen LogP contribution in [0.5, 0.6) is 0 Å². The van der Waals surface area contributed by atoms with Crippen molar-refractivity contribution in [2.75, 3.05) is 31.2 Å². The minimum atomic E-state index is -3.62. The average molecular weight is 613 g/mol. The average Bonchev–Trinajstić information content (AvgIpc) is 3.62. The van der Waals surface area contributed by atoms with E-state index in [9.17, 15) is 8.42 Å². The summed E-state index contributed by atoms with van der Waals surface area (Å²) in [4.78, 5) is 12.4. The van der Waals surface area contributed by atoms with E-state index in [-0.39, 0.29) is 4.90 Å². The van der Waals surface area contributed by atoms with E-state index in [1.165, 1.54) is 4.31 Å². The summed E-state index contributed by atoms with van der Waals surface area (Å²) in [6.07, 6.45) is 4.28. The fraction of sp³-hybridized carbons (Fsp3) is 0.188. The summed E-state index contributed by atoms with van der Waals surface area (Å²) in [7, 11) is -3.62. The molecule has 0 aliphatic carbocycles. The molecule has 1 saturated heterocycles. The van der Waals surface area contributed by atoms with E-state index in [0.717, 1.165) is 58.7 Å². The normalized spacial score (nSPS) is 16.6. The van der Waals surface area contributed by atoms with Crippen LogP contribution in [0.2, 0.25) is 0 Å². The maximum absolute atomic E-state index is 13.4. The summed E-state index contributed by atoms with van der Waals surface area (Å²) in [5, 5.41) is 1.84. The van der Waals surface area contributed by atoms with E-state index in [0.29, 0.717) is 26.3 Å². The van der Waals surface area contributed by atoms with Crippen LogP contribution in [-0.2, 0) is 14.8 Å². The smallest absolute Gasteiger partial charge is 0.243 e. The van der Waals surface area contributed by atoms with Crippen LogP contribution in [-0.4, -0.2) is 49.0 Å². The number of sulfonamides is 1. The van der Waals surface area contributed by atoms with Crippen molar-refractivity contribution in [2.24, 2.45) is 0 Å². The van der Waals surface area contributed by atoms with Crippen molar-refractivity contribution in [2.45, 2.75) is 18.7 Å². The molecule has 7 rings (SSSR count). The molecule has 0 spiro atoms. The van der Waals surface area contributed by atoms with Gasteiger partial charge in [-0.25, -0.2) is 18.4 Å². The topological polar surface area (TPSA) is 75.6 Å². The minimum Gasteiger partial charge on any atom is -0.379 e. The molecule has 3 aromatic carbocycles. The number of para-hydroxylation sites is 2. The number of nitrogens with zero attached hydrogens (tertiary/aromatic N) is 4. The number of benzene rings is 3. The highest BCUT2D eigenvalue weighted by molar-refractivity contribution is 7.89. The van der Waals surface area contributed by atoms with Crippen molar-refractivity contribution >= 4 is 64.4 Å². The van der Waals surface area contributed by atoms with Gasteiger partial charge in [-0.15, -0.1) is 22.7 Å². The molecule has 7 nitrogen and oxygen atoms in total. The van der Waals surface area contributed by atoms with E-state index >= 15 is 0 Å². The predicted octanol–water partition coefficient (Wildman–Crippen LogP) is 7.06. The van der Waals surface area contributed by atoms with Gasteiger partial charge in [0.2, 0.25) is 10.0 Å². The first-order chi connectivity index (χ1) is 20.4. The van der Waals surface area contributed by atoms with Crippen molar-refractivity contribution in [1.82, 2.24) is 14.3 Å². The number of rotatable bonds is 5. The predicted molar refractivity (Wildman–Crippen MR) is 171 cm³/mol. The Morgan fingerprint density at radius 1 is 0.786 bits per heavy atom. The van der Waals surface area contributed by atoms with Crippen LogP contribution in [0.15, 0.2) is 107 Å². The summed E-state index contributed by atoms with van der Waals surface area (Å²) in [5.74, 6) is 0. The number of hydrogen-bond acceptors (Lipinski definition) is 8. The van der Waals surface area contributed by atoms with Crippen LogP contribution < -0.4 is 4.90 Å². The fourth-order valence-electron chi connectivity index (χ4n) is 5.47. The van der Waals surface area contributed by atoms with Crippen molar-refractivity contribution < 1.29 is 13.2 Å². The maximum atomic E-state index is 13.4. The fourth-order valence-corrected chi connectivity index (χ4v) is 9.05. The monoisotopic (exact) mass is 612 g/mol. The Morgan fingerprint density at radius 3 is 1.93 bits per heavy atom. The van der Waals surface area contributed by atoms with Crippen LogP contribution in [0.3, 0.4) is 0 Å². The highest BCUT2D eigenvalue weighted by atomic mass is 32.2. The molecule has 0 unspecified atom stereocenters. The summed E-state index contributed by atoms with van der Waals surface area (Å²) >= 11 is 3.33. The molecule has 0 atom stereocenters. The lowest BCUT2D eigenvalue weighted by atomic mass is 10.0.